The van der Waals surface area contributed by atoms with Crippen LogP contribution in [0.1, 0.15) is 41.0 Å². The summed E-state index contributed by atoms with van der Waals surface area (Å²) in [5.41, 5.74) is 1.89. The Bertz CT molecular complexity index is 205. The monoisotopic (exact) mass is 181 g/mol. The van der Waals surface area contributed by atoms with Gasteiger partial charge in [-0.15, -0.1) is 0 Å². The maximum atomic E-state index is 3.47. The molecule has 1 N–H and O–H groups in total. The summed E-state index contributed by atoms with van der Waals surface area (Å²) < 4.78 is 0. The largest absolute Gasteiger partial charge is 0.388 e. The minimum Gasteiger partial charge on any atom is -0.388 e. The lowest BCUT2D eigenvalue weighted by atomic mass is 9.62. The SMILES string of the molecule is CCNC1=CC(C)C1(C)CC(C)C. The third-order valence-electron chi connectivity index (χ3n) is 3.24. The van der Waals surface area contributed by atoms with Crippen molar-refractivity contribution < 1.29 is 0 Å². The Morgan fingerprint density at radius 3 is 2.54 bits per heavy atom. The van der Waals surface area contributed by atoms with E-state index in [-0.39, 0.29) is 0 Å². The van der Waals surface area contributed by atoms with Gasteiger partial charge < -0.3 is 5.32 Å². The van der Waals surface area contributed by atoms with Crippen molar-refractivity contribution in [1.82, 2.24) is 5.32 Å². The fraction of sp³-hybridized carbons (Fsp3) is 0.833. The maximum Gasteiger partial charge on any atom is 0.0135 e. The molecule has 2 unspecified atom stereocenters. The highest BCUT2D eigenvalue weighted by Gasteiger charge is 2.41. The van der Waals surface area contributed by atoms with Gasteiger partial charge in [0.05, 0.1) is 0 Å². The van der Waals surface area contributed by atoms with Crippen LogP contribution in [-0.2, 0) is 0 Å². The Labute approximate surface area is 82.6 Å². The Morgan fingerprint density at radius 1 is 1.54 bits per heavy atom. The summed E-state index contributed by atoms with van der Waals surface area (Å²) in [5.74, 6) is 1.53. The van der Waals surface area contributed by atoms with E-state index in [1.165, 1.54) is 12.1 Å². The van der Waals surface area contributed by atoms with E-state index in [0.717, 1.165) is 18.4 Å². The van der Waals surface area contributed by atoms with Crippen molar-refractivity contribution in [1.29, 1.82) is 0 Å². The van der Waals surface area contributed by atoms with Crippen LogP contribution in [0.5, 0.6) is 0 Å². The molecule has 2 atom stereocenters. The van der Waals surface area contributed by atoms with Crippen molar-refractivity contribution >= 4 is 0 Å². The fourth-order valence-corrected chi connectivity index (χ4v) is 2.37. The van der Waals surface area contributed by atoms with Gasteiger partial charge in [-0.05, 0) is 25.2 Å². The molecule has 0 bridgehead atoms. The van der Waals surface area contributed by atoms with E-state index >= 15 is 0 Å². The third kappa shape index (κ3) is 1.90. The van der Waals surface area contributed by atoms with Crippen molar-refractivity contribution in [3.05, 3.63) is 11.8 Å². The highest BCUT2D eigenvalue weighted by Crippen LogP contribution is 2.48. The first kappa shape index (κ1) is 10.6. The summed E-state index contributed by atoms with van der Waals surface area (Å²) in [6.07, 6.45) is 3.67. The molecule has 0 aliphatic heterocycles. The van der Waals surface area contributed by atoms with E-state index < -0.39 is 0 Å². The molecular weight excluding hydrogens is 158 g/mol. The van der Waals surface area contributed by atoms with Gasteiger partial charge in [0, 0.05) is 17.7 Å². The van der Waals surface area contributed by atoms with Crippen LogP contribution < -0.4 is 5.32 Å². The molecular formula is C12H23N. The van der Waals surface area contributed by atoms with Crippen molar-refractivity contribution in [3.8, 4) is 0 Å². The van der Waals surface area contributed by atoms with Crippen molar-refractivity contribution in [2.24, 2.45) is 17.3 Å². The minimum atomic E-state index is 0.421. The Hall–Kier alpha value is -0.460. The molecule has 1 heteroatoms. The van der Waals surface area contributed by atoms with Gasteiger partial charge >= 0.3 is 0 Å². The molecule has 0 spiro atoms. The zero-order valence-electron chi connectivity index (χ0n) is 9.65. The van der Waals surface area contributed by atoms with E-state index in [1.54, 1.807) is 0 Å². The van der Waals surface area contributed by atoms with Gasteiger partial charge in [0.15, 0.2) is 0 Å². The van der Waals surface area contributed by atoms with Crippen molar-refractivity contribution in [3.63, 3.8) is 0 Å². The molecule has 0 aromatic heterocycles. The molecule has 0 aromatic rings. The summed E-state index contributed by atoms with van der Waals surface area (Å²) >= 11 is 0. The van der Waals surface area contributed by atoms with Crippen molar-refractivity contribution in [2.75, 3.05) is 6.54 Å². The Kier molecular flexibility index (Phi) is 3.05. The molecule has 0 aromatic carbocycles. The predicted octanol–water partition coefficient (Wildman–Crippen LogP) is 3.18. The van der Waals surface area contributed by atoms with E-state index in [2.05, 4.69) is 46.0 Å². The van der Waals surface area contributed by atoms with Gasteiger partial charge in [-0.1, -0.05) is 33.8 Å². The molecule has 0 saturated heterocycles. The fourth-order valence-electron chi connectivity index (χ4n) is 2.37. The second-order valence-electron chi connectivity index (χ2n) is 4.91. The Morgan fingerprint density at radius 2 is 2.15 bits per heavy atom. The maximum absolute atomic E-state index is 3.47. The lowest BCUT2D eigenvalue weighted by Crippen LogP contribution is -2.42. The minimum absolute atomic E-state index is 0.421. The summed E-state index contributed by atoms with van der Waals surface area (Å²) in [6.45, 7) is 12.5. The quantitative estimate of drug-likeness (QED) is 0.702. The number of allylic oxidation sites excluding steroid dienone is 2. The van der Waals surface area contributed by atoms with Crippen LogP contribution in [0, 0.1) is 17.3 Å². The molecule has 13 heavy (non-hydrogen) atoms. The average molecular weight is 181 g/mol. The number of hydrogen-bond donors (Lipinski definition) is 1. The van der Waals surface area contributed by atoms with E-state index in [1.807, 2.05) is 0 Å². The van der Waals surface area contributed by atoms with Crippen LogP contribution in [0.15, 0.2) is 11.8 Å². The van der Waals surface area contributed by atoms with Gasteiger partial charge in [0.2, 0.25) is 0 Å². The standard InChI is InChI=1S/C12H23N/c1-6-13-11-7-10(4)12(11,5)8-9(2)3/h7,9-10,13H,6,8H2,1-5H3. The topological polar surface area (TPSA) is 12.0 Å². The Balaban J connectivity index is 2.63. The van der Waals surface area contributed by atoms with Crippen LogP contribution in [-0.4, -0.2) is 6.54 Å². The van der Waals surface area contributed by atoms with Gasteiger partial charge in [-0.2, -0.15) is 0 Å². The second kappa shape index (κ2) is 3.73. The molecule has 0 fully saturated rings. The molecule has 0 heterocycles. The molecule has 1 aliphatic carbocycles. The molecule has 76 valence electrons. The molecule has 0 saturated carbocycles. The van der Waals surface area contributed by atoms with Gasteiger partial charge in [-0.25, -0.2) is 0 Å². The summed E-state index contributed by atoms with van der Waals surface area (Å²) in [5, 5.41) is 3.47. The first-order valence-corrected chi connectivity index (χ1v) is 5.47. The van der Waals surface area contributed by atoms with Crippen LogP contribution in [0.25, 0.3) is 0 Å². The van der Waals surface area contributed by atoms with E-state index in [4.69, 9.17) is 0 Å². The average Bonchev–Trinajstić information content (AvgIpc) is 2.03. The lowest BCUT2D eigenvalue weighted by molar-refractivity contribution is 0.189. The van der Waals surface area contributed by atoms with Crippen LogP contribution in [0.3, 0.4) is 0 Å². The first-order chi connectivity index (χ1) is 6.00. The van der Waals surface area contributed by atoms with Gasteiger partial charge in [0.1, 0.15) is 0 Å². The number of rotatable bonds is 4. The lowest BCUT2D eigenvalue weighted by Gasteiger charge is -2.46. The number of nitrogens with one attached hydrogen (secondary N) is 1. The molecule has 1 aliphatic rings. The number of hydrogen-bond acceptors (Lipinski definition) is 1. The van der Waals surface area contributed by atoms with Gasteiger partial charge in [-0.3, -0.25) is 0 Å². The molecule has 1 nitrogen and oxygen atoms in total. The smallest absolute Gasteiger partial charge is 0.0135 e. The van der Waals surface area contributed by atoms with E-state index in [0.29, 0.717) is 5.41 Å². The zero-order valence-corrected chi connectivity index (χ0v) is 9.65. The molecule has 0 radical (unpaired) electrons. The summed E-state index contributed by atoms with van der Waals surface area (Å²) in [6, 6.07) is 0. The van der Waals surface area contributed by atoms with Gasteiger partial charge in [0.25, 0.3) is 0 Å². The zero-order chi connectivity index (χ0) is 10.1. The van der Waals surface area contributed by atoms with Crippen LogP contribution in [0.4, 0.5) is 0 Å². The van der Waals surface area contributed by atoms with Crippen LogP contribution in [0.2, 0.25) is 0 Å². The van der Waals surface area contributed by atoms with E-state index in [9.17, 15) is 0 Å². The highest BCUT2D eigenvalue weighted by molar-refractivity contribution is 5.26. The third-order valence-corrected chi connectivity index (χ3v) is 3.24. The van der Waals surface area contributed by atoms with Crippen LogP contribution >= 0.6 is 0 Å². The summed E-state index contributed by atoms with van der Waals surface area (Å²) in [7, 11) is 0. The highest BCUT2D eigenvalue weighted by atomic mass is 14.9. The second-order valence-corrected chi connectivity index (χ2v) is 4.91. The first-order valence-electron chi connectivity index (χ1n) is 5.47. The predicted molar refractivity (Wildman–Crippen MR) is 58.5 cm³/mol. The molecule has 1 rings (SSSR count). The molecule has 0 amide bonds. The van der Waals surface area contributed by atoms with Crippen molar-refractivity contribution in [2.45, 2.75) is 41.0 Å². The summed E-state index contributed by atoms with van der Waals surface area (Å²) in [4.78, 5) is 0. The normalized spacial score (nSPS) is 32.8.